The van der Waals surface area contributed by atoms with E-state index in [1.165, 1.54) is 11.3 Å². The second-order valence-electron chi connectivity index (χ2n) is 5.95. The van der Waals surface area contributed by atoms with Crippen LogP contribution in [0.1, 0.15) is 15.4 Å². The van der Waals surface area contributed by atoms with Crippen molar-refractivity contribution < 1.29 is 14.1 Å². The van der Waals surface area contributed by atoms with Gasteiger partial charge in [-0.2, -0.15) is 0 Å². The Bertz CT molecular complexity index is 895. The minimum Gasteiger partial charge on any atom is -0.356 e. The van der Waals surface area contributed by atoms with Gasteiger partial charge < -0.3 is 14.3 Å². The molecule has 2 amide bonds. The fourth-order valence-electron chi connectivity index (χ4n) is 3.04. The molecule has 3 aromatic rings. The van der Waals surface area contributed by atoms with Gasteiger partial charge in [0.1, 0.15) is 5.69 Å². The molecular formula is C18H17N3O3S. The molecule has 0 bridgehead atoms. The van der Waals surface area contributed by atoms with Gasteiger partial charge in [0.15, 0.2) is 5.58 Å². The fraction of sp³-hybridized carbons (Fsp3) is 0.278. The zero-order valence-corrected chi connectivity index (χ0v) is 14.4. The maximum absolute atomic E-state index is 12.6. The van der Waals surface area contributed by atoms with E-state index in [2.05, 4.69) is 5.16 Å². The summed E-state index contributed by atoms with van der Waals surface area (Å²) < 4.78 is 5.25. The van der Waals surface area contributed by atoms with Crippen molar-refractivity contribution in [2.24, 2.45) is 0 Å². The van der Waals surface area contributed by atoms with Gasteiger partial charge in [0, 0.05) is 31.6 Å². The molecule has 0 atom stereocenters. The van der Waals surface area contributed by atoms with E-state index < -0.39 is 0 Å². The van der Waals surface area contributed by atoms with Crippen molar-refractivity contribution in [1.29, 1.82) is 0 Å². The fourth-order valence-corrected chi connectivity index (χ4v) is 3.73. The van der Waals surface area contributed by atoms with E-state index in [-0.39, 0.29) is 18.2 Å². The Morgan fingerprint density at radius 1 is 1.04 bits per heavy atom. The molecule has 128 valence electrons. The Hall–Kier alpha value is -2.67. The summed E-state index contributed by atoms with van der Waals surface area (Å²) in [4.78, 5) is 29.3. The first kappa shape index (κ1) is 15.8. The molecule has 0 spiro atoms. The Morgan fingerprint density at radius 3 is 2.56 bits per heavy atom. The van der Waals surface area contributed by atoms with Crippen LogP contribution in [0, 0.1) is 0 Å². The highest BCUT2D eigenvalue weighted by atomic mass is 32.1. The van der Waals surface area contributed by atoms with Crippen LogP contribution in [0.5, 0.6) is 0 Å². The van der Waals surface area contributed by atoms with Crippen LogP contribution in [0.15, 0.2) is 46.3 Å². The minimum absolute atomic E-state index is 0.0160. The van der Waals surface area contributed by atoms with Crippen molar-refractivity contribution in [2.45, 2.75) is 6.42 Å². The summed E-state index contributed by atoms with van der Waals surface area (Å²) in [7, 11) is 0. The Kier molecular flexibility index (Phi) is 4.23. The number of amides is 2. The standard InChI is InChI=1S/C18H17N3O3S/c22-17(12-14-13-4-1-2-5-15(13)24-19-14)20-7-9-21(10-8-20)18(23)16-6-3-11-25-16/h1-6,11H,7-10,12H2. The highest BCUT2D eigenvalue weighted by Gasteiger charge is 2.26. The Labute approximate surface area is 148 Å². The molecule has 1 aromatic carbocycles. The maximum Gasteiger partial charge on any atom is 0.264 e. The van der Waals surface area contributed by atoms with E-state index in [9.17, 15) is 9.59 Å². The van der Waals surface area contributed by atoms with Crippen LogP contribution >= 0.6 is 11.3 Å². The number of piperazine rings is 1. The molecule has 0 unspecified atom stereocenters. The lowest BCUT2D eigenvalue weighted by atomic mass is 10.1. The molecular weight excluding hydrogens is 338 g/mol. The molecule has 1 aliphatic heterocycles. The van der Waals surface area contributed by atoms with Crippen LogP contribution in [-0.2, 0) is 11.2 Å². The van der Waals surface area contributed by atoms with Gasteiger partial charge in [-0.1, -0.05) is 23.4 Å². The van der Waals surface area contributed by atoms with Crippen LogP contribution in [0.4, 0.5) is 0 Å². The number of rotatable bonds is 3. The summed E-state index contributed by atoms with van der Waals surface area (Å²) in [6, 6.07) is 11.2. The third-order valence-electron chi connectivity index (χ3n) is 4.42. The summed E-state index contributed by atoms with van der Waals surface area (Å²) in [5, 5.41) is 6.80. The Balaban J connectivity index is 1.37. The van der Waals surface area contributed by atoms with Crippen molar-refractivity contribution in [2.75, 3.05) is 26.2 Å². The molecule has 1 aliphatic rings. The molecule has 1 saturated heterocycles. The highest BCUT2D eigenvalue weighted by molar-refractivity contribution is 7.12. The number of aromatic nitrogens is 1. The number of hydrogen-bond acceptors (Lipinski definition) is 5. The van der Waals surface area contributed by atoms with Crippen LogP contribution < -0.4 is 0 Å². The number of nitrogens with zero attached hydrogens (tertiary/aromatic N) is 3. The van der Waals surface area contributed by atoms with Crippen LogP contribution in [0.3, 0.4) is 0 Å². The van der Waals surface area contributed by atoms with E-state index in [1.54, 1.807) is 9.80 Å². The normalized spacial score (nSPS) is 14.9. The van der Waals surface area contributed by atoms with Gasteiger partial charge in [0.05, 0.1) is 11.3 Å². The van der Waals surface area contributed by atoms with Crippen molar-refractivity contribution in [3.63, 3.8) is 0 Å². The molecule has 0 saturated carbocycles. The van der Waals surface area contributed by atoms with Gasteiger partial charge in [-0.15, -0.1) is 11.3 Å². The molecule has 6 nitrogen and oxygen atoms in total. The van der Waals surface area contributed by atoms with E-state index in [0.717, 1.165) is 10.3 Å². The molecule has 0 radical (unpaired) electrons. The number of para-hydroxylation sites is 1. The molecule has 2 aromatic heterocycles. The number of hydrogen-bond donors (Lipinski definition) is 0. The van der Waals surface area contributed by atoms with Gasteiger partial charge in [-0.05, 0) is 23.6 Å². The average Bonchev–Trinajstić information content (AvgIpc) is 3.32. The van der Waals surface area contributed by atoms with Crippen LogP contribution in [-0.4, -0.2) is 52.9 Å². The smallest absolute Gasteiger partial charge is 0.264 e. The van der Waals surface area contributed by atoms with Gasteiger partial charge in [-0.3, -0.25) is 9.59 Å². The number of carbonyl (C=O) groups is 2. The Morgan fingerprint density at radius 2 is 1.80 bits per heavy atom. The third kappa shape index (κ3) is 3.15. The molecule has 0 N–H and O–H groups in total. The maximum atomic E-state index is 12.6. The van der Waals surface area contributed by atoms with E-state index in [0.29, 0.717) is 37.5 Å². The average molecular weight is 355 g/mol. The third-order valence-corrected chi connectivity index (χ3v) is 5.28. The van der Waals surface area contributed by atoms with Gasteiger partial charge in [0.2, 0.25) is 5.91 Å². The monoisotopic (exact) mass is 355 g/mol. The predicted octanol–water partition coefficient (Wildman–Crippen LogP) is 2.42. The topological polar surface area (TPSA) is 66.7 Å². The first-order chi connectivity index (χ1) is 12.2. The molecule has 3 heterocycles. The summed E-state index contributed by atoms with van der Waals surface area (Å²) in [5.41, 5.74) is 1.36. The minimum atomic E-state index is 0.0160. The molecule has 0 aliphatic carbocycles. The lowest BCUT2D eigenvalue weighted by Gasteiger charge is -2.34. The first-order valence-corrected chi connectivity index (χ1v) is 9.04. The van der Waals surface area contributed by atoms with Crippen molar-refractivity contribution >= 4 is 34.1 Å². The molecule has 7 heteroatoms. The summed E-state index contributed by atoms with van der Waals surface area (Å²) in [6.45, 7) is 2.21. The van der Waals surface area contributed by atoms with Crippen molar-refractivity contribution in [3.05, 3.63) is 52.3 Å². The van der Waals surface area contributed by atoms with E-state index >= 15 is 0 Å². The van der Waals surface area contributed by atoms with E-state index in [4.69, 9.17) is 4.52 Å². The van der Waals surface area contributed by atoms with Gasteiger partial charge >= 0.3 is 0 Å². The molecule has 25 heavy (non-hydrogen) atoms. The van der Waals surface area contributed by atoms with Crippen LogP contribution in [0.25, 0.3) is 11.0 Å². The SMILES string of the molecule is O=C(Cc1noc2ccccc12)N1CCN(C(=O)c2cccs2)CC1. The van der Waals surface area contributed by atoms with Gasteiger partial charge in [-0.25, -0.2) is 0 Å². The van der Waals surface area contributed by atoms with E-state index in [1.807, 2.05) is 41.8 Å². The highest BCUT2D eigenvalue weighted by Crippen LogP contribution is 2.19. The number of carbonyl (C=O) groups excluding carboxylic acids is 2. The van der Waals surface area contributed by atoms with Crippen molar-refractivity contribution in [1.82, 2.24) is 15.0 Å². The first-order valence-electron chi connectivity index (χ1n) is 8.16. The predicted molar refractivity (Wildman–Crippen MR) is 94.5 cm³/mol. The quantitative estimate of drug-likeness (QED) is 0.724. The number of benzene rings is 1. The lowest BCUT2D eigenvalue weighted by Crippen LogP contribution is -2.50. The number of thiophene rings is 1. The summed E-state index contributed by atoms with van der Waals surface area (Å²) >= 11 is 1.45. The molecule has 4 rings (SSSR count). The zero-order chi connectivity index (χ0) is 17.2. The van der Waals surface area contributed by atoms with Gasteiger partial charge in [0.25, 0.3) is 5.91 Å². The second kappa shape index (κ2) is 6.68. The second-order valence-corrected chi connectivity index (χ2v) is 6.90. The zero-order valence-electron chi connectivity index (χ0n) is 13.6. The van der Waals surface area contributed by atoms with Crippen molar-refractivity contribution in [3.8, 4) is 0 Å². The van der Waals surface area contributed by atoms with Crippen LogP contribution in [0.2, 0.25) is 0 Å². The number of fused-ring (bicyclic) bond motifs is 1. The molecule has 1 fully saturated rings. The lowest BCUT2D eigenvalue weighted by molar-refractivity contribution is -0.132. The largest absolute Gasteiger partial charge is 0.356 e. The summed E-state index contributed by atoms with van der Waals surface area (Å²) in [6.07, 6.45) is 0.218. The summed E-state index contributed by atoms with van der Waals surface area (Å²) in [5.74, 6) is 0.0619.